The van der Waals surface area contributed by atoms with E-state index < -0.39 is 0 Å². The van der Waals surface area contributed by atoms with E-state index in [4.69, 9.17) is 16.3 Å². The molecule has 3 rings (SSSR count). The number of amides is 1. The Hall–Kier alpha value is -1.78. The van der Waals surface area contributed by atoms with Crippen molar-refractivity contribution < 1.29 is 9.53 Å². The van der Waals surface area contributed by atoms with Crippen LogP contribution in [0.25, 0.3) is 11.1 Å². The third-order valence-electron chi connectivity index (χ3n) is 3.81. The summed E-state index contributed by atoms with van der Waals surface area (Å²) >= 11 is 8.03. The molecule has 0 aliphatic carbocycles. The van der Waals surface area contributed by atoms with E-state index in [2.05, 4.69) is 34.8 Å². The molecular formula is C18H18ClNO2S. The van der Waals surface area contributed by atoms with Crippen LogP contribution >= 0.6 is 22.9 Å². The van der Waals surface area contributed by atoms with Crippen LogP contribution in [0.15, 0.2) is 41.6 Å². The molecule has 1 aliphatic heterocycles. The largest absolute Gasteiger partial charge is 0.486 e. The summed E-state index contributed by atoms with van der Waals surface area (Å²) in [7, 11) is 0. The summed E-state index contributed by atoms with van der Waals surface area (Å²) in [5.74, 6) is 0.769. The standard InChI is InChI=1S/C18H18ClNO2S/c1-2-3-4-17(21)20-10-15-8-14-7-13(12-5-6-23-11-12)9-16(19)18(14)22-15/h2,5-7,9,11,15H,1,3-4,8,10H2,(H,20,21)/t15-/m0/s1. The zero-order valence-electron chi connectivity index (χ0n) is 12.7. The highest BCUT2D eigenvalue weighted by atomic mass is 35.5. The maximum absolute atomic E-state index is 11.7. The molecule has 1 aromatic heterocycles. The Labute approximate surface area is 144 Å². The first kappa shape index (κ1) is 16.1. The number of nitrogens with one attached hydrogen (secondary N) is 1. The normalized spacial score (nSPS) is 15.8. The van der Waals surface area contributed by atoms with Crippen LogP contribution < -0.4 is 10.1 Å². The molecule has 1 aliphatic rings. The SMILES string of the molecule is C=CCCC(=O)NC[C@@H]1Cc2cc(-c3ccsc3)cc(Cl)c2O1. The molecular weight excluding hydrogens is 330 g/mol. The smallest absolute Gasteiger partial charge is 0.220 e. The van der Waals surface area contributed by atoms with Gasteiger partial charge >= 0.3 is 0 Å². The van der Waals surface area contributed by atoms with Crippen LogP contribution in [0.5, 0.6) is 5.75 Å². The number of rotatable bonds is 6. The molecule has 0 spiro atoms. The van der Waals surface area contributed by atoms with Crippen LogP contribution in [0, 0.1) is 0 Å². The molecule has 5 heteroatoms. The van der Waals surface area contributed by atoms with E-state index in [1.165, 1.54) is 5.56 Å². The van der Waals surface area contributed by atoms with E-state index in [9.17, 15) is 4.79 Å². The van der Waals surface area contributed by atoms with Crippen LogP contribution in [0.1, 0.15) is 18.4 Å². The fraction of sp³-hybridized carbons (Fsp3) is 0.278. The second-order valence-corrected chi connectivity index (χ2v) is 6.72. The van der Waals surface area contributed by atoms with Crippen molar-refractivity contribution >= 4 is 28.8 Å². The lowest BCUT2D eigenvalue weighted by molar-refractivity contribution is -0.121. The van der Waals surface area contributed by atoms with Crippen molar-refractivity contribution in [1.29, 1.82) is 0 Å². The summed E-state index contributed by atoms with van der Waals surface area (Å²) in [6, 6.07) is 6.14. The predicted octanol–water partition coefficient (Wildman–Crippen LogP) is 4.45. The Kier molecular flexibility index (Phi) is 5.03. The Morgan fingerprint density at radius 2 is 2.35 bits per heavy atom. The van der Waals surface area contributed by atoms with Crippen LogP contribution in [0.2, 0.25) is 5.02 Å². The number of carbonyl (C=O) groups is 1. The van der Waals surface area contributed by atoms with Crippen molar-refractivity contribution in [3.8, 4) is 16.9 Å². The Balaban J connectivity index is 1.65. The van der Waals surface area contributed by atoms with Crippen molar-refractivity contribution in [3.63, 3.8) is 0 Å². The van der Waals surface area contributed by atoms with E-state index in [0.29, 0.717) is 24.4 Å². The Morgan fingerprint density at radius 1 is 1.48 bits per heavy atom. The van der Waals surface area contributed by atoms with E-state index >= 15 is 0 Å². The molecule has 1 amide bonds. The topological polar surface area (TPSA) is 38.3 Å². The maximum atomic E-state index is 11.7. The number of fused-ring (bicyclic) bond motifs is 1. The molecule has 0 radical (unpaired) electrons. The Bertz CT molecular complexity index is 712. The molecule has 0 bridgehead atoms. The van der Waals surface area contributed by atoms with Gasteiger partial charge in [-0.05, 0) is 46.5 Å². The molecule has 0 saturated carbocycles. The fourth-order valence-electron chi connectivity index (χ4n) is 2.65. The fourth-order valence-corrected chi connectivity index (χ4v) is 3.59. The number of allylic oxidation sites excluding steroid dienone is 1. The molecule has 3 nitrogen and oxygen atoms in total. The number of halogens is 1. The maximum Gasteiger partial charge on any atom is 0.220 e. The van der Waals surface area contributed by atoms with Gasteiger partial charge in [-0.1, -0.05) is 17.7 Å². The first-order valence-electron chi connectivity index (χ1n) is 7.56. The number of hydrogen-bond donors (Lipinski definition) is 1. The first-order chi connectivity index (χ1) is 11.2. The van der Waals surface area contributed by atoms with Crippen molar-refractivity contribution in [2.24, 2.45) is 0 Å². The van der Waals surface area contributed by atoms with Crippen molar-refractivity contribution in [1.82, 2.24) is 5.32 Å². The summed E-state index contributed by atoms with van der Waals surface area (Å²) in [6.07, 6.45) is 3.59. The number of carbonyl (C=O) groups excluding carboxylic acids is 1. The third-order valence-corrected chi connectivity index (χ3v) is 4.77. The van der Waals surface area contributed by atoms with Crippen molar-refractivity contribution in [2.75, 3.05) is 6.54 Å². The first-order valence-corrected chi connectivity index (χ1v) is 8.88. The highest BCUT2D eigenvalue weighted by Gasteiger charge is 2.26. The van der Waals surface area contributed by atoms with Gasteiger partial charge in [0.2, 0.25) is 5.91 Å². The van der Waals surface area contributed by atoms with Crippen LogP contribution in [-0.4, -0.2) is 18.6 Å². The second kappa shape index (κ2) is 7.20. The number of thiophene rings is 1. The van der Waals surface area contributed by atoms with E-state index in [1.54, 1.807) is 17.4 Å². The average Bonchev–Trinajstić information content (AvgIpc) is 3.20. The van der Waals surface area contributed by atoms with Gasteiger partial charge < -0.3 is 10.1 Å². The number of hydrogen-bond acceptors (Lipinski definition) is 3. The summed E-state index contributed by atoms with van der Waals surface area (Å²) in [5, 5.41) is 7.68. The minimum Gasteiger partial charge on any atom is -0.486 e. The molecule has 2 aromatic rings. The summed E-state index contributed by atoms with van der Waals surface area (Å²) < 4.78 is 5.90. The molecule has 0 saturated heterocycles. The van der Waals surface area contributed by atoms with Gasteiger partial charge in [-0.25, -0.2) is 0 Å². The summed E-state index contributed by atoms with van der Waals surface area (Å²) in [6.45, 7) is 4.11. The summed E-state index contributed by atoms with van der Waals surface area (Å²) in [5.41, 5.74) is 3.37. The zero-order valence-corrected chi connectivity index (χ0v) is 14.3. The highest BCUT2D eigenvalue weighted by molar-refractivity contribution is 7.08. The van der Waals surface area contributed by atoms with E-state index in [0.717, 1.165) is 23.3 Å². The molecule has 1 atom stereocenters. The van der Waals surface area contributed by atoms with E-state index in [-0.39, 0.29) is 12.0 Å². The summed E-state index contributed by atoms with van der Waals surface area (Å²) in [4.78, 5) is 11.7. The minimum atomic E-state index is -0.0621. The van der Waals surface area contributed by atoms with Gasteiger partial charge in [-0.3, -0.25) is 4.79 Å². The van der Waals surface area contributed by atoms with Gasteiger partial charge in [-0.15, -0.1) is 6.58 Å². The molecule has 0 fully saturated rings. The monoisotopic (exact) mass is 347 g/mol. The second-order valence-electron chi connectivity index (χ2n) is 5.53. The quantitative estimate of drug-likeness (QED) is 0.784. The predicted molar refractivity (Wildman–Crippen MR) is 95.3 cm³/mol. The lowest BCUT2D eigenvalue weighted by atomic mass is 10.0. The van der Waals surface area contributed by atoms with Crippen LogP contribution in [-0.2, 0) is 11.2 Å². The van der Waals surface area contributed by atoms with Crippen molar-refractivity contribution in [2.45, 2.75) is 25.4 Å². The minimum absolute atomic E-state index is 0.0227. The van der Waals surface area contributed by atoms with Gasteiger partial charge in [0.15, 0.2) is 0 Å². The lowest BCUT2D eigenvalue weighted by Crippen LogP contribution is -2.34. The van der Waals surface area contributed by atoms with Gasteiger partial charge in [-0.2, -0.15) is 11.3 Å². The van der Waals surface area contributed by atoms with E-state index in [1.807, 2.05) is 6.07 Å². The molecule has 120 valence electrons. The zero-order chi connectivity index (χ0) is 16.2. The molecule has 23 heavy (non-hydrogen) atoms. The molecule has 2 heterocycles. The average molecular weight is 348 g/mol. The molecule has 1 aromatic carbocycles. The van der Waals surface area contributed by atoms with Gasteiger partial charge in [0.1, 0.15) is 11.9 Å². The molecule has 1 N–H and O–H groups in total. The van der Waals surface area contributed by atoms with Gasteiger partial charge in [0.25, 0.3) is 0 Å². The van der Waals surface area contributed by atoms with Crippen molar-refractivity contribution in [3.05, 3.63) is 52.2 Å². The third kappa shape index (κ3) is 3.77. The Morgan fingerprint density at radius 3 is 3.09 bits per heavy atom. The highest BCUT2D eigenvalue weighted by Crippen LogP contribution is 2.39. The number of benzene rings is 1. The van der Waals surface area contributed by atoms with Crippen LogP contribution in [0.3, 0.4) is 0 Å². The molecule has 0 unspecified atom stereocenters. The lowest BCUT2D eigenvalue weighted by Gasteiger charge is -2.12. The van der Waals surface area contributed by atoms with Gasteiger partial charge in [0, 0.05) is 18.4 Å². The van der Waals surface area contributed by atoms with Gasteiger partial charge in [0.05, 0.1) is 11.6 Å². The van der Waals surface area contributed by atoms with Crippen LogP contribution in [0.4, 0.5) is 0 Å². The number of ether oxygens (including phenoxy) is 1.